The van der Waals surface area contributed by atoms with E-state index in [2.05, 4.69) is 32.3 Å². The molecule has 3 aromatic heterocycles. The summed E-state index contributed by atoms with van der Waals surface area (Å²) < 4.78 is 30.6. The van der Waals surface area contributed by atoms with Crippen LogP contribution >= 0.6 is 0 Å². The van der Waals surface area contributed by atoms with E-state index in [9.17, 15) is 13.6 Å². The van der Waals surface area contributed by atoms with Gasteiger partial charge in [-0.3, -0.25) is 9.48 Å². The van der Waals surface area contributed by atoms with E-state index < -0.39 is 18.0 Å². The van der Waals surface area contributed by atoms with E-state index in [1.54, 1.807) is 17.1 Å². The van der Waals surface area contributed by atoms with Crippen molar-refractivity contribution in [1.82, 2.24) is 24.4 Å². The quantitative estimate of drug-likeness (QED) is 0.592. The first-order valence-corrected chi connectivity index (χ1v) is 11.8. The Morgan fingerprint density at radius 2 is 1.91 bits per heavy atom. The molecule has 1 saturated carbocycles. The summed E-state index contributed by atoms with van der Waals surface area (Å²) in [7, 11) is 0. The number of nitrogens with one attached hydrogen (secondary N) is 1. The molecule has 0 bridgehead atoms. The molecule has 1 aliphatic carbocycles. The van der Waals surface area contributed by atoms with Crippen molar-refractivity contribution in [1.29, 1.82) is 0 Å². The zero-order chi connectivity index (χ0) is 22.9. The Hall–Kier alpha value is -3.04. The maximum atomic E-state index is 13.7. The van der Waals surface area contributed by atoms with E-state index >= 15 is 0 Å². The van der Waals surface area contributed by atoms with Gasteiger partial charge < -0.3 is 10.2 Å². The summed E-state index contributed by atoms with van der Waals surface area (Å²) in [4.78, 5) is 19.9. The maximum Gasteiger partial charge on any atom is 0.284 e. The highest BCUT2D eigenvalue weighted by atomic mass is 19.3. The third kappa shape index (κ3) is 4.43. The van der Waals surface area contributed by atoms with Crippen molar-refractivity contribution in [3.05, 3.63) is 35.9 Å². The molecule has 33 heavy (non-hydrogen) atoms. The molecule has 0 unspecified atom stereocenters. The molecule has 10 heteroatoms. The summed E-state index contributed by atoms with van der Waals surface area (Å²) in [6.45, 7) is 4.06. The Morgan fingerprint density at radius 3 is 2.64 bits per heavy atom. The molecule has 1 saturated heterocycles. The molecular formula is C23H29F2N7O. The zero-order valence-electron chi connectivity index (χ0n) is 18.8. The number of halogens is 2. The standard InChI is InChI=1S/C23H29F2N7O/c1-15-5-7-16(8-6-15)32-14-18(20(29-32)21(24)25)27-23(33)17-13-26-31-12-9-19(28-22(17)31)30-10-3-2-4-11-30/h9,12-16,21H,2-8,10-11H2,1H3,(H,27,33)/t15-,16-. The van der Waals surface area contributed by atoms with Crippen LogP contribution in [0.1, 0.15) is 80.4 Å². The lowest BCUT2D eigenvalue weighted by atomic mass is 9.87. The van der Waals surface area contributed by atoms with Crippen LogP contribution in [0.15, 0.2) is 24.7 Å². The van der Waals surface area contributed by atoms with Crippen LogP contribution in [0.2, 0.25) is 0 Å². The average Bonchev–Trinajstić information content (AvgIpc) is 3.44. The predicted molar refractivity (Wildman–Crippen MR) is 121 cm³/mol. The van der Waals surface area contributed by atoms with Gasteiger partial charge in [-0.15, -0.1) is 0 Å². The van der Waals surface area contributed by atoms with E-state index in [0.29, 0.717) is 11.6 Å². The van der Waals surface area contributed by atoms with Crippen molar-refractivity contribution in [2.45, 2.75) is 64.3 Å². The van der Waals surface area contributed by atoms with Crippen LogP contribution in [-0.2, 0) is 0 Å². The topological polar surface area (TPSA) is 80.4 Å². The third-order valence-corrected chi connectivity index (χ3v) is 6.85. The molecule has 176 valence electrons. The number of rotatable bonds is 5. The lowest BCUT2D eigenvalue weighted by molar-refractivity contribution is 0.102. The summed E-state index contributed by atoms with van der Waals surface area (Å²) >= 11 is 0. The molecule has 4 heterocycles. The molecule has 0 spiro atoms. The number of nitrogens with zero attached hydrogens (tertiary/aromatic N) is 6. The minimum absolute atomic E-state index is 0.0418. The molecule has 1 amide bonds. The molecular weight excluding hydrogens is 428 g/mol. The minimum Gasteiger partial charge on any atom is -0.357 e. The molecule has 1 aliphatic heterocycles. The SMILES string of the molecule is C[C@H]1CC[C@H](n2cc(NC(=O)c3cnn4ccc(N5CCCCC5)nc34)c(C(F)F)n2)CC1. The second kappa shape index (κ2) is 9.07. The molecule has 2 aliphatic rings. The van der Waals surface area contributed by atoms with E-state index in [0.717, 1.165) is 57.4 Å². The molecule has 1 N–H and O–H groups in total. The van der Waals surface area contributed by atoms with Crippen molar-refractivity contribution in [3.8, 4) is 0 Å². The van der Waals surface area contributed by atoms with E-state index in [4.69, 9.17) is 0 Å². The van der Waals surface area contributed by atoms with Crippen LogP contribution in [0.3, 0.4) is 0 Å². The van der Waals surface area contributed by atoms with Crippen molar-refractivity contribution in [2.75, 3.05) is 23.3 Å². The molecule has 0 aromatic carbocycles. The van der Waals surface area contributed by atoms with Crippen molar-refractivity contribution < 1.29 is 13.6 Å². The maximum absolute atomic E-state index is 13.7. The predicted octanol–water partition coefficient (Wildman–Crippen LogP) is 4.86. The van der Waals surface area contributed by atoms with E-state index in [-0.39, 0.29) is 17.3 Å². The van der Waals surface area contributed by atoms with Gasteiger partial charge >= 0.3 is 0 Å². The van der Waals surface area contributed by atoms with Crippen LogP contribution in [0.25, 0.3) is 5.65 Å². The fourth-order valence-electron chi connectivity index (χ4n) is 4.87. The number of hydrogen-bond acceptors (Lipinski definition) is 5. The normalized spacial score (nSPS) is 21.6. The zero-order valence-corrected chi connectivity index (χ0v) is 18.8. The summed E-state index contributed by atoms with van der Waals surface area (Å²) in [6.07, 6.45) is 9.27. The van der Waals surface area contributed by atoms with E-state index in [1.165, 1.54) is 17.1 Å². The van der Waals surface area contributed by atoms with Crippen LogP contribution in [-0.4, -0.2) is 43.4 Å². The summed E-state index contributed by atoms with van der Waals surface area (Å²) in [5.41, 5.74) is 0.289. The van der Waals surface area contributed by atoms with Gasteiger partial charge in [0.05, 0.1) is 17.9 Å². The number of amides is 1. The second-order valence-electron chi connectivity index (χ2n) is 9.24. The van der Waals surface area contributed by atoms with Gasteiger partial charge in [-0.25, -0.2) is 18.3 Å². The van der Waals surface area contributed by atoms with Crippen molar-refractivity contribution >= 4 is 23.1 Å². The largest absolute Gasteiger partial charge is 0.357 e. The number of carbonyl (C=O) groups is 1. The summed E-state index contributed by atoms with van der Waals surface area (Å²) in [5.74, 6) is 0.917. The monoisotopic (exact) mass is 457 g/mol. The number of aromatic nitrogens is 5. The van der Waals surface area contributed by atoms with Crippen LogP contribution in [0, 0.1) is 5.92 Å². The van der Waals surface area contributed by atoms with Crippen molar-refractivity contribution in [2.24, 2.45) is 5.92 Å². The van der Waals surface area contributed by atoms with Gasteiger partial charge in [0, 0.05) is 25.5 Å². The molecule has 0 atom stereocenters. The number of piperidine rings is 1. The number of carbonyl (C=O) groups excluding carboxylic acids is 1. The van der Waals surface area contributed by atoms with Crippen LogP contribution in [0.5, 0.6) is 0 Å². The highest BCUT2D eigenvalue weighted by Gasteiger charge is 2.26. The van der Waals surface area contributed by atoms with Gasteiger partial charge in [0.25, 0.3) is 12.3 Å². The van der Waals surface area contributed by atoms with Gasteiger partial charge in [-0.1, -0.05) is 6.92 Å². The first-order valence-electron chi connectivity index (χ1n) is 11.8. The van der Waals surface area contributed by atoms with Crippen LogP contribution in [0.4, 0.5) is 20.3 Å². The smallest absolute Gasteiger partial charge is 0.284 e. The lowest BCUT2D eigenvalue weighted by Crippen LogP contribution is -2.30. The van der Waals surface area contributed by atoms with E-state index in [1.807, 2.05) is 6.07 Å². The average molecular weight is 458 g/mol. The number of alkyl halides is 2. The molecule has 3 aromatic rings. The number of fused-ring (bicyclic) bond motifs is 1. The third-order valence-electron chi connectivity index (χ3n) is 6.85. The highest BCUT2D eigenvalue weighted by molar-refractivity contribution is 6.08. The molecule has 5 rings (SSSR count). The minimum atomic E-state index is -2.78. The second-order valence-corrected chi connectivity index (χ2v) is 9.24. The Kier molecular flexibility index (Phi) is 5.99. The fourth-order valence-corrected chi connectivity index (χ4v) is 4.87. The summed E-state index contributed by atoms with van der Waals surface area (Å²) in [6, 6.07) is 1.96. The Bertz CT molecular complexity index is 1130. The first kappa shape index (κ1) is 21.8. The lowest BCUT2D eigenvalue weighted by Gasteiger charge is -2.27. The van der Waals surface area contributed by atoms with Gasteiger partial charge in [0.15, 0.2) is 11.3 Å². The van der Waals surface area contributed by atoms with Gasteiger partial charge in [0.1, 0.15) is 11.4 Å². The highest BCUT2D eigenvalue weighted by Crippen LogP contribution is 2.34. The van der Waals surface area contributed by atoms with Crippen LogP contribution < -0.4 is 10.2 Å². The Balaban J connectivity index is 1.40. The van der Waals surface area contributed by atoms with Crippen molar-refractivity contribution in [3.63, 3.8) is 0 Å². The fraction of sp³-hybridized carbons (Fsp3) is 0.565. The van der Waals surface area contributed by atoms with Gasteiger partial charge in [-0.05, 0) is 56.9 Å². The van der Waals surface area contributed by atoms with Gasteiger partial charge in [0.2, 0.25) is 0 Å². The Labute approximate surface area is 191 Å². The number of anilines is 2. The first-order chi connectivity index (χ1) is 16.0. The summed E-state index contributed by atoms with van der Waals surface area (Å²) in [5, 5.41) is 11.0. The van der Waals surface area contributed by atoms with Gasteiger partial charge in [-0.2, -0.15) is 10.2 Å². The molecule has 2 fully saturated rings. The molecule has 8 nitrogen and oxygen atoms in total. The Morgan fingerprint density at radius 1 is 1.15 bits per heavy atom. The molecule has 0 radical (unpaired) electrons. The number of hydrogen-bond donors (Lipinski definition) is 1.